The van der Waals surface area contributed by atoms with Crippen LogP contribution in [0.15, 0.2) is 53.9 Å². The first-order valence-corrected chi connectivity index (χ1v) is 13.7. The van der Waals surface area contributed by atoms with Crippen molar-refractivity contribution in [3.05, 3.63) is 65.0 Å². The standard InChI is InChI=1S/C29H34N2O3S.Na/c1-20-10-14-24(15-11-20)34-25-16-12-21(13-17-25)27-19-35-29(30-27)31(23-7-3-4-8-23)18-22-6-2-5-9-26(22)28(32)33;/h2,5-6,9,12-13,16-17,19-20,23-24H,3-4,7-8,10-11,14-15,18H2,1H3,(H,32,33);/q;+1/p-1. The van der Waals surface area contributed by atoms with Crippen LogP contribution in [0.5, 0.6) is 5.75 Å². The molecule has 0 bridgehead atoms. The van der Waals surface area contributed by atoms with Crippen LogP contribution in [0.4, 0.5) is 5.13 Å². The Morgan fingerprint density at radius 2 is 1.72 bits per heavy atom. The molecular weight excluding hydrogens is 479 g/mol. The van der Waals surface area contributed by atoms with Crippen LogP contribution in [0.3, 0.4) is 0 Å². The monoisotopic (exact) mass is 512 g/mol. The summed E-state index contributed by atoms with van der Waals surface area (Å²) in [4.78, 5) is 19.0. The molecule has 5 rings (SSSR count). The Hall–Kier alpha value is -1.86. The molecule has 1 aromatic heterocycles. The minimum absolute atomic E-state index is 0. The van der Waals surface area contributed by atoms with E-state index in [1.165, 1.54) is 25.7 Å². The SMILES string of the molecule is CC1CCC(Oc2ccc(-c3csc(N(Cc4ccccc4C(=O)[O-])C4CCCC4)n3)cc2)CC1.[Na+]. The molecule has 3 aromatic rings. The largest absolute Gasteiger partial charge is 1.00 e. The number of anilines is 1. The Kier molecular flexibility index (Phi) is 9.51. The molecule has 184 valence electrons. The van der Waals surface area contributed by atoms with Gasteiger partial charge in [0, 0.05) is 29.1 Å². The second kappa shape index (κ2) is 12.6. The summed E-state index contributed by atoms with van der Waals surface area (Å²) in [5.74, 6) is 0.612. The number of ether oxygens (including phenoxy) is 1. The van der Waals surface area contributed by atoms with Gasteiger partial charge in [-0.15, -0.1) is 11.3 Å². The molecule has 7 heteroatoms. The molecule has 1 heterocycles. The molecule has 2 aliphatic rings. The topological polar surface area (TPSA) is 65.5 Å². The van der Waals surface area contributed by atoms with Gasteiger partial charge in [-0.1, -0.05) is 44.0 Å². The molecule has 2 aliphatic carbocycles. The van der Waals surface area contributed by atoms with Gasteiger partial charge in [0.05, 0.1) is 17.8 Å². The predicted molar refractivity (Wildman–Crippen MR) is 139 cm³/mol. The number of hydrogen-bond acceptors (Lipinski definition) is 6. The van der Waals surface area contributed by atoms with Crippen molar-refractivity contribution in [2.75, 3.05) is 4.90 Å². The van der Waals surface area contributed by atoms with Gasteiger partial charge in [-0.2, -0.15) is 0 Å². The summed E-state index contributed by atoms with van der Waals surface area (Å²) in [6, 6.07) is 15.8. The van der Waals surface area contributed by atoms with Crippen LogP contribution in [0.25, 0.3) is 11.3 Å². The fourth-order valence-corrected chi connectivity index (χ4v) is 6.29. The van der Waals surface area contributed by atoms with Gasteiger partial charge >= 0.3 is 29.6 Å². The first-order valence-electron chi connectivity index (χ1n) is 12.9. The van der Waals surface area contributed by atoms with Gasteiger partial charge < -0.3 is 19.5 Å². The molecule has 0 saturated heterocycles. The van der Waals surface area contributed by atoms with E-state index in [2.05, 4.69) is 41.5 Å². The molecular formula is C29H33N2NaO3S. The smallest absolute Gasteiger partial charge is 0.545 e. The number of benzene rings is 2. The first kappa shape index (κ1) is 27.2. The van der Waals surface area contributed by atoms with Crippen LogP contribution in [0, 0.1) is 5.92 Å². The zero-order valence-corrected chi connectivity index (χ0v) is 24.1. The fraction of sp³-hybridized carbons (Fsp3) is 0.448. The number of nitrogens with zero attached hydrogens (tertiary/aromatic N) is 2. The van der Waals surface area contributed by atoms with Crippen molar-refractivity contribution in [2.24, 2.45) is 5.92 Å². The van der Waals surface area contributed by atoms with Crippen molar-refractivity contribution in [2.45, 2.75) is 77.0 Å². The molecule has 0 aliphatic heterocycles. The van der Waals surface area contributed by atoms with E-state index >= 15 is 0 Å². The van der Waals surface area contributed by atoms with Gasteiger partial charge in [0.1, 0.15) is 5.75 Å². The third-order valence-corrected chi connectivity index (χ3v) is 8.37. The summed E-state index contributed by atoms with van der Waals surface area (Å²) in [5, 5.41) is 14.7. The van der Waals surface area contributed by atoms with Gasteiger partial charge in [-0.05, 0) is 74.3 Å². The fourth-order valence-electron chi connectivity index (χ4n) is 5.38. The molecule has 0 N–H and O–H groups in total. The normalized spacial score (nSPS) is 20.0. The van der Waals surface area contributed by atoms with Gasteiger partial charge in [-0.3, -0.25) is 0 Å². The van der Waals surface area contributed by atoms with Crippen molar-refractivity contribution in [1.29, 1.82) is 0 Å². The second-order valence-electron chi connectivity index (χ2n) is 10.1. The van der Waals surface area contributed by atoms with Crippen molar-refractivity contribution < 1.29 is 44.2 Å². The van der Waals surface area contributed by atoms with E-state index in [1.807, 2.05) is 12.1 Å². The zero-order chi connectivity index (χ0) is 24.2. The van der Waals surface area contributed by atoms with Crippen LogP contribution in [-0.4, -0.2) is 23.1 Å². The molecule has 2 aromatic carbocycles. The molecule has 0 amide bonds. The van der Waals surface area contributed by atoms with Crippen LogP contribution >= 0.6 is 11.3 Å². The average molecular weight is 513 g/mol. The number of hydrogen-bond donors (Lipinski definition) is 0. The molecule has 0 radical (unpaired) electrons. The van der Waals surface area contributed by atoms with Gasteiger partial charge in [-0.25, -0.2) is 4.98 Å². The minimum atomic E-state index is -1.13. The van der Waals surface area contributed by atoms with E-state index in [1.54, 1.807) is 23.5 Å². The van der Waals surface area contributed by atoms with E-state index in [0.717, 1.165) is 59.3 Å². The summed E-state index contributed by atoms with van der Waals surface area (Å²) in [6.07, 6.45) is 9.69. The van der Waals surface area contributed by atoms with Gasteiger partial charge in [0.2, 0.25) is 0 Å². The number of carbonyl (C=O) groups is 1. The Balaban J connectivity index is 0.00000304. The third-order valence-electron chi connectivity index (χ3n) is 7.50. The Bertz CT molecular complexity index is 1140. The maximum atomic E-state index is 11.7. The summed E-state index contributed by atoms with van der Waals surface area (Å²) in [6.45, 7) is 2.84. The van der Waals surface area contributed by atoms with E-state index in [4.69, 9.17) is 9.72 Å². The number of carbonyl (C=O) groups excluding carboxylic acids is 1. The molecule has 5 nitrogen and oxygen atoms in total. The zero-order valence-electron chi connectivity index (χ0n) is 21.3. The van der Waals surface area contributed by atoms with Crippen LogP contribution in [-0.2, 0) is 6.54 Å². The Morgan fingerprint density at radius 1 is 1.03 bits per heavy atom. The van der Waals surface area contributed by atoms with Crippen LogP contribution in [0.1, 0.15) is 74.2 Å². The molecule has 2 fully saturated rings. The predicted octanol–water partition coefficient (Wildman–Crippen LogP) is 3.08. The van der Waals surface area contributed by atoms with Crippen LogP contribution in [0.2, 0.25) is 0 Å². The Labute approximate surface area is 240 Å². The first-order chi connectivity index (χ1) is 17.1. The van der Waals surface area contributed by atoms with E-state index in [-0.39, 0.29) is 35.1 Å². The number of carboxylic acids is 1. The minimum Gasteiger partial charge on any atom is -0.545 e. The van der Waals surface area contributed by atoms with E-state index < -0.39 is 5.97 Å². The van der Waals surface area contributed by atoms with E-state index in [0.29, 0.717) is 18.7 Å². The number of thiazole rings is 1. The second-order valence-corrected chi connectivity index (χ2v) is 10.9. The van der Waals surface area contributed by atoms with Crippen molar-refractivity contribution in [1.82, 2.24) is 4.98 Å². The number of rotatable bonds is 8. The molecule has 0 spiro atoms. The van der Waals surface area contributed by atoms with Crippen molar-refractivity contribution in [3.8, 4) is 17.0 Å². The Morgan fingerprint density at radius 3 is 2.42 bits per heavy atom. The molecule has 0 atom stereocenters. The number of aromatic nitrogens is 1. The van der Waals surface area contributed by atoms with Crippen molar-refractivity contribution in [3.63, 3.8) is 0 Å². The maximum Gasteiger partial charge on any atom is 1.00 e. The quantitative estimate of drug-likeness (QED) is 0.434. The summed E-state index contributed by atoms with van der Waals surface area (Å²) >= 11 is 1.63. The number of aromatic carboxylic acids is 1. The molecule has 36 heavy (non-hydrogen) atoms. The van der Waals surface area contributed by atoms with Gasteiger partial charge in [0.15, 0.2) is 5.13 Å². The molecule has 0 unspecified atom stereocenters. The summed E-state index contributed by atoms with van der Waals surface area (Å²) in [7, 11) is 0. The van der Waals surface area contributed by atoms with Gasteiger partial charge in [0.25, 0.3) is 0 Å². The van der Waals surface area contributed by atoms with E-state index in [9.17, 15) is 9.90 Å². The van der Waals surface area contributed by atoms with Crippen molar-refractivity contribution >= 4 is 22.4 Å². The summed E-state index contributed by atoms with van der Waals surface area (Å²) in [5.41, 5.74) is 3.04. The maximum absolute atomic E-state index is 11.7. The third kappa shape index (κ3) is 6.52. The number of carboxylic acid groups (broad SMARTS) is 1. The molecule has 2 saturated carbocycles. The summed E-state index contributed by atoms with van der Waals surface area (Å²) < 4.78 is 6.22. The van der Waals surface area contributed by atoms with Crippen LogP contribution < -0.4 is 44.3 Å². The average Bonchev–Trinajstić information content (AvgIpc) is 3.58.